The zero-order chi connectivity index (χ0) is 15.4. The minimum absolute atomic E-state index is 0. The maximum atomic E-state index is 10.9. The molecular weight excluding hydrogens is 301 g/mol. The summed E-state index contributed by atoms with van der Waals surface area (Å²) in [6.45, 7) is 0. The van der Waals surface area contributed by atoms with E-state index in [0.29, 0.717) is 0 Å². The van der Waals surface area contributed by atoms with Gasteiger partial charge in [0.1, 0.15) is 11.3 Å². The smallest absolute Gasteiger partial charge is 1.00 e. The summed E-state index contributed by atoms with van der Waals surface area (Å²) in [6.07, 6.45) is 0. The quantitative estimate of drug-likeness (QED) is 0.369. The van der Waals surface area contributed by atoms with Crippen molar-refractivity contribution in [2.24, 2.45) is 10.2 Å². The van der Waals surface area contributed by atoms with Crippen LogP contribution >= 0.6 is 0 Å². The molecule has 0 aliphatic heterocycles. The van der Waals surface area contributed by atoms with Gasteiger partial charge >= 0.3 is 35.5 Å². The van der Waals surface area contributed by atoms with Crippen molar-refractivity contribution in [2.45, 2.75) is 0 Å². The third-order valence-electron chi connectivity index (χ3n) is 2.53. The van der Waals surface area contributed by atoms with Crippen molar-refractivity contribution < 1.29 is 50.9 Å². The third kappa shape index (κ3) is 4.35. The van der Waals surface area contributed by atoms with Crippen LogP contribution in [0.4, 0.5) is 17.1 Å². The Morgan fingerprint density at radius 2 is 1.77 bits per heavy atom. The Bertz CT molecular complexity index is 754. The van der Waals surface area contributed by atoms with E-state index in [9.17, 15) is 20.0 Å². The molecular formula is C13H10N3NaO5. The minimum Gasteiger partial charge on any atom is -1.00 e. The summed E-state index contributed by atoms with van der Waals surface area (Å²) >= 11 is 0. The number of benzene rings is 2. The fourth-order valence-corrected chi connectivity index (χ4v) is 1.54. The summed E-state index contributed by atoms with van der Waals surface area (Å²) in [5, 5.41) is 36.4. The molecule has 8 nitrogen and oxygen atoms in total. The molecule has 0 atom stereocenters. The van der Waals surface area contributed by atoms with Crippen LogP contribution in [-0.4, -0.2) is 21.1 Å². The molecule has 0 saturated heterocycles. The number of hydrogen-bond donors (Lipinski definition) is 2. The first kappa shape index (κ1) is 17.8. The van der Waals surface area contributed by atoms with E-state index in [1.54, 1.807) is 0 Å². The average molecular weight is 311 g/mol. The van der Waals surface area contributed by atoms with E-state index in [1.807, 2.05) is 0 Å². The van der Waals surface area contributed by atoms with Crippen molar-refractivity contribution in [1.82, 2.24) is 0 Å². The van der Waals surface area contributed by atoms with E-state index in [0.717, 1.165) is 6.07 Å². The monoisotopic (exact) mass is 311 g/mol. The van der Waals surface area contributed by atoms with Crippen molar-refractivity contribution in [2.75, 3.05) is 0 Å². The molecule has 0 unspecified atom stereocenters. The number of carboxylic acid groups (broad SMARTS) is 1. The summed E-state index contributed by atoms with van der Waals surface area (Å²) in [6, 6.07) is 9.26. The Balaban J connectivity index is 0.00000242. The number of carbonyl (C=O) groups is 1. The van der Waals surface area contributed by atoms with E-state index >= 15 is 0 Å². The van der Waals surface area contributed by atoms with Crippen LogP contribution in [-0.2, 0) is 0 Å². The molecule has 108 valence electrons. The van der Waals surface area contributed by atoms with E-state index in [2.05, 4.69) is 10.2 Å². The van der Waals surface area contributed by atoms with Gasteiger partial charge in [0, 0.05) is 12.1 Å². The molecule has 0 fully saturated rings. The molecule has 0 amide bonds. The summed E-state index contributed by atoms with van der Waals surface area (Å²) in [5.74, 6) is -1.67. The normalized spacial score (nSPS) is 10.2. The fourth-order valence-electron chi connectivity index (χ4n) is 1.54. The fraction of sp³-hybridized carbons (Fsp3) is 0. The third-order valence-corrected chi connectivity index (χ3v) is 2.53. The molecule has 0 heterocycles. The second kappa shape index (κ2) is 7.64. The Kier molecular flexibility index (Phi) is 6.17. The van der Waals surface area contributed by atoms with E-state index in [-0.39, 0.29) is 59.4 Å². The Labute approximate surface area is 148 Å². The zero-order valence-electron chi connectivity index (χ0n) is 12.5. The molecule has 22 heavy (non-hydrogen) atoms. The van der Waals surface area contributed by atoms with Crippen molar-refractivity contribution in [3.63, 3.8) is 0 Å². The van der Waals surface area contributed by atoms with Gasteiger partial charge in [-0.3, -0.25) is 10.1 Å². The van der Waals surface area contributed by atoms with Crippen LogP contribution in [0.1, 0.15) is 11.8 Å². The predicted octanol–water partition coefficient (Wildman–Crippen LogP) is 0.530. The second-order valence-electron chi connectivity index (χ2n) is 3.98. The maximum absolute atomic E-state index is 10.9. The number of nitrogens with zero attached hydrogens (tertiary/aromatic N) is 3. The van der Waals surface area contributed by atoms with Crippen molar-refractivity contribution >= 4 is 23.0 Å². The van der Waals surface area contributed by atoms with Gasteiger partial charge in [-0.1, -0.05) is 6.07 Å². The average Bonchev–Trinajstić information content (AvgIpc) is 2.46. The van der Waals surface area contributed by atoms with Crippen LogP contribution in [0.2, 0.25) is 0 Å². The van der Waals surface area contributed by atoms with Gasteiger partial charge in [-0.25, -0.2) is 4.79 Å². The van der Waals surface area contributed by atoms with E-state index < -0.39 is 10.9 Å². The van der Waals surface area contributed by atoms with Crippen LogP contribution in [0, 0.1) is 10.1 Å². The van der Waals surface area contributed by atoms with Crippen LogP contribution < -0.4 is 29.6 Å². The molecule has 0 spiro atoms. The maximum Gasteiger partial charge on any atom is 1.00 e. The van der Waals surface area contributed by atoms with Crippen LogP contribution in [0.3, 0.4) is 0 Å². The zero-order valence-corrected chi connectivity index (χ0v) is 13.5. The first-order valence-electron chi connectivity index (χ1n) is 5.70. The van der Waals surface area contributed by atoms with Crippen LogP contribution in [0.25, 0.3) is 0 Å². The molecule has 0 bridgehead atoms. The molecule has 0 aromatic heterocycles. The van der Waals surface area contributed by atoms with Gasteiger partial charge in [-0.05, 0) is 24.3 Å². The van der Waals surface area contributed by atoms with Gasteiger partial charge in [0.15, 0.2) is 0 Å². The van der Waals surface area contributed by atoms with Crippen molar-refractivity contribution in [1.29, 1.82) is 0 Å². The topological polar surface area (TPSA) is 125 Å². The van der Waals surface area contributed by atoms with Crippen LogP contribution in [0.15, 0.2) is 52.7 Å². The van der Waals surface area contributed by atoms with Gasteiger partial charge in [0.05, 0.1) is 16.3 Å². The number of nitro benzene ring substituents is 1. The first-order chi connectivity index (χ1) is 9.97. The molecule has 0 radical (unpaired) electrons. The Morgan fingerprint density at radius 1 is 1.14 bits per heavy atom. The largest absolute Gasteiger partial charge is 1.00 e. The van der Waals surface area contributed by atoms with Gasteiger partial charge in [-0.2, -0.15) is 10.2 Å². The Hall–Kier alpha value is -2.29. The number of carboxylic acids is 1. The molecule has 2 rings (SSSR count). The summed E-state index contributed by atoms with van der Waals surface area (Å²) in [7, 11) is 0. The first-order valence-corrected chi connectivity index (χ1v) is 5.70. The molecule has 0 aliphatic carbocycles. The standard InChI is InChI=1S/C13H9N3O5.Na.H/c17-12-5-4-9(7-11(12)13(18)19)15-14-8-2-1-3-10(6-8)16(20)21;;/h1-7,17H,(H,18,19);;/q;+1;-1. The number of rotatable bonds is 4. The molecule has 2 aromatic rings. The summed E-state index contributed by atoms with van der Waals surface area (Å²) in [5.41, 5.74) is 0.0414. The molecule has 2 aromatic carbocycles. The van der Waals surface area contributed by atoms with Crippen molar-refractivity contribution in [3.05, 3.63) is 58.1 Å². The van der Waals surface area contributed by atoms with E-state index in [1.165, 1.54) is 36.4 Å². The number of phenols is 1. The molecule has 2 N–H and O–H groups in total. The number of aromatic hydroxyl groups is 1. The molecule has 0 aliphatic rings. The number of hydrogen-bond acceptors (Lipinski definition) is 6. The summed E-state index contributed by atoms with van der Waals surface area (Å²) < 4.78 is 0. The summed E-state index contributed by atoms with van der Waals surface area (Å²) in [4.78, 5) is 20.9. The van der Waals surface area contributed by atoms with Gasteiger partial charge in [0.25, 0.3) is 5.69 Å². The number of non-ortho nitro benzene ring substituents is 1. The number of nitro groups is 1. The van der Waals surface area contributed by atoms with Crippen LogP contribution in [0.5, 0.6) is 5.75 Å². The SMILES string of the molecule is O=C(O)c1cc(N=Nc2cccc([N+](=O)[O-])c2)ccc1O.[H-].[Na+]. The van der Waals surface area contributed by atoms with Gasteiger partial charge in [-0.15, -0.1) is 0 Å². The predicted molar refractivity (Wildman–Crippen MR) is 73.5 cm³/mol. The second-order valence-corrected chi connectivity index (χ2v) is 3.98. The minimum atomic E-state index is -1.29. The van der Waals surface area contributed by atoms with E-state index in [4.69, 9.17) is 5.11 Å². The van der Waals surface area contributed by atoms with Crippen molar-refractivity contribution in [3.8, 4) is 5.75 Å². The Morgan fingerprint density at radius 3 is 2.36 bits per heavy atom. The van der Waals surface area contributed by atoms with Gasteiger partial charge < -0.3 is 11.6 Å². The molecule has 9 heteroatoms. The van der Waals surface area contributed by atoms with Gasteiger partial charge in [0.2, 0.25) is 0 Å². The number of azo groups is 1. The number of aromatic carboxylic acids is 1. The molecule has 0 saturated carbocycles.